The second-order valence-electron chi connectivity index (χ2n) is 3.51. The van der Waals surface area contributed by atoms with Crippen molar-refractivity contribution in [3.63, 3.8) is 0 Å². The molecule has 0 spiro atoms. The second kappa shape index (κ2) is 5.42. The molecule has 0 aliphatic rings. The number of nitro groups is 1. The topological polar surface area (TPSA) is 60.4 Å². The number of nitrogens with zero attached hydrogens (tertiary/aromatic N) is 3. The molecular weight excluding hydrogens is 250 g/mol. The van der Waals surface area contributed by atoms with Crippen molar-refractivity contribution in [3.05, 3.63) is 63.3 Å². The first-order chi connectivity index (χ1) is 8.72. The van der Waals surface area contributed by atoms with Crippen molar-refractivity contribution in [2.75, 3.05) is 0 Å². The predicted octanol–water partition coefficient (Wildman–Crippen LogP) is 2.50. The molecule has 2 rings (SSSR count). The maximum atomic E-state index is 10.5. The number of allylic oxidation sites excluding steroid dienone is 1. The van der Waals surface area contributed by atoms with Gasteiger partial charge in [-0.3, -0.25) is 0 Å². The smallest absolute Gasteiger partial charge is 0.263 e. The van der Waals surface area contributed by atoms with Crippen LogP contribution in [0.15, 0.2) is 53.5 Å². The highest BCUT2D eigenvalue weighted by Gasteiger charge is 2.08. The molecule has 0 aliphatic heterocycles. The van der Waals surface area contributed by atoms with Crippen molar-refractivity contribution in [1.82, 2.24) is 4.57 Å². The third-order valence-corrected chi connectivity index (χ3v) is 3.20. The molecule has 18 heavy (non-hydrogen) atoms. The Labute approximate surface area is 107 Å². The van der Waals surface area contributed by atoms with Crippen molar-refractivity contribution in [2.45, 2.75) is 6.54 Å². The van der Waals surface area contributed by atoms with Gasteiger partial charge in [-0.2, -0.15) is 0 Å². The molecule has 0 amide bonds. The molecule has 0 unspecified atom stereocenters. The van der Waals surface area contributed by atoms with E-state index in [1.807, 2.05) is 35.7 Å². The van der Waals surface area contributed by atoms with Crippen molar-refractivity contribution in [1.29, 1.82) is 0 Å². The molecule has 0 saturated carbocycles. The molecule has 1 heterocycles. The standard InChI is InChI=1S/C12H11N3O2S/c1-2-8-14-11(10-6-4-3-5-7-10)9-18-12(14)13-15(16)17/h2-7,9H,1,8H2/b13-12+. The Hall–Kier alpha value is -2.21. The zero-order valence-corrected chi connectivity index (χ0v) is 10.3. The first kappa shape index (κ1) is 12.3. The van der Waals surface area contributed by atoms with Crippen LogP contribution in [0.25, 0.3) is 11.3 Å². The van der Waals surface area contributed by atoms with Crippen LogP contribution >= 0.6 is 11.3 Å². The minimum atomic E-state index is -0.680. The molecule has 2 aromatic rings. The summed E-state index contributed by atoms with van der Waals surface area (Å²) in [6.45, 7) is 4.15. The summed E-state index contributed by atoms with van der Waals surface area (Å²) >= 11 is 1.25. The van der Waals surface area contributed by atoms with Gasteiger partial charge in [0.15, 0.2) is 5.03 Å². The zero-order chi connectivity index (χ0) is 13.0. The van der Waals surface area contributed by atoms with E-state index in [1.54, 1.807) is 10.6 Å². The SMILES string of the molecule is C=CCn1c(-c2ccccc2)cs/c1=N/[N+](=O)[O-]. The quantitative estimate of drug-likeness (QED) is 0.482. The van der Waals surface area contributed by atoms with Gasteiger partial charge in [-0.15, -0.1) is 6.58 Å². The van der Waals surface area contributed by atoms with Crippen molar-refractivity contribution in [3.8, 4) is 11.3 Å². The molecule has 5 nitrogen and oxygen atoms in total. The summed E-state index contributed by atoms with van der Waals surface area (Å²) in [4.78, 5) is 10.8. The van der Waals surface area contributed by atoms with Crippen molar-refractivity contribution < 1.29 is 5.03 Å². The van der Waals surface area contributed by atoms with Crippen LogP contribution in [0.4, 0.5) is 0 Å². The minimum Gasteiger partial charge on any atom is -0.308 e. The Kier molecular flexibility index (Phi) is 3.69. The number of hydrogen-bond acceptors (Lipinski definition) is 3. The lowest BCUT2D eigenvalue weighted by Crippen LogP contribution is -2.16. The van der Waals surface area contributed by atoms with Crippen LogP contribution in [-0.2, 0) is 6.54 Å². The Morgan fingerprint density at radius 3 is 2.78 bits per heavy atom. The monoisotopic (exact) mass is 261 g/mol. The third kappa shape index (κ3) is 2.54. The van der Waals surface area contributed by atoms with Gasteiger partial charge >= 0.3 is 0 Å². The molecule has 0 radical (unpaired) electrons. The van der Waals surface area contributed by atoms with E-state index in [9.17, 15) is 10.1 Å². The van der Waals surface area contributed by atoms with Crippen LogP contribution in [0, 0.1) is 10.1 Å². The largest absolute Gasteiger partial charge is 0.308 e. The van der Waals surface area contributed by atoms with E-state index in [1.165, 1.54) is 11.3 Å². The predicted molar refractivity (Wildman–Crippen MR) is 70.5 cm³/mol. The van der Waals surface area contributed by atoms with Crippen molar-refractivity contribution >= 4 is 11.3 Å². The third-order valence-electron chi connectivity index (χ3n) is 2.35. The molecular formula is C12H11N3O2S. The molecule has 1 aromatic carbocycles. The van der Waals surface area contributed by atoms with Crippen LogP contribution in [0.2, 0.25) is 0 Å². The van der Waals surface area contributed by atoms with Gasteiger partial charge in [0.05, 0.1) is 10.8 Å². The number of rotatable bonds is 4. The highest BCUT2D eigenvalue weighted by atomic mass is 32.1. The van der Waals surface area contributed by atoms with Gasteiger partial charge in [-0.05, 0) is 5.56 Å². The fourth-order valence-corrected chi connectivity index (χ4v) is 2.52. The van der Waals surface area contributed by atoms with Crippen LogP contribution in [-0.4, -0.2) is 9.60 Å². The van der Waals surface area contributed by atoms with Gasteiger partial charge in [0.1, 0.15) is 0 Å². The maximum Gasteiger partial charge on any atom is 0.263 e. The molecule has 0 aliphatic carbocycles. The van der Waals surface area contributed by atoms with Crippen LogP contribution in [0.3, 0.4) is 0 Å². The lowest BCUT2D eigenvalue weighted by atomic mass is 10.2. The average Bonchev–Trinajstić information content (AvgIpc) is 2.73. The summed E-state index contributed by atoms with van der Waals surface area (Å²) in [6.07, 6.45) is 1.69. The Morgan fingerprint density at radius 1 is 1.44 bits per heavy atom. The van der Waals surface area contributed by atoms with Gasteiger partial charge < -0.3 is 4.57 Å². The molecule has 6 heteroatoms. The van der Waals surface area contributed by atoms with E-state index < -0.39 is 5.03 Å². The van der Waals surface area contributed by atoms with E-state index in [2.05, 4.69) is 11.7 Å². The molecule has 0 fully saturated rings. The van der Waals surface area contributed by atoms with Crippen LogP contribution in [0.1, 0.15) is 0 Å². The lowest BCUT2D eigenvalue weighted by Gasteiger charge is -2.04. The van der Waals surface area contributed by atoms with Gasteiger partial charge in [0.25, 0.3) is 4.80 Å². The Bertz CT molecular complexity index is 628. The molecule has 0 N–H and O–H groups in total. The summed E-state index contributed by atoms with van der Waals surface area (Å²) in [5.74, 6) is 0. The van der Waals surface area contributed by atoms with E-state index in [0.717, 1.165) is 11.3 Å². The number of aromatic nitrogens is 1. The normalized spacial score (nSPS) is 11.4. The molecule has 0 saturated heterocycles. The summed E-state index contributed by atoms with van der Waals surface area (Å²) in [5.41, 5.74) is 1.90. The lowest BCUT2D eigenvalue weighted by molar-refractivity contribution is -0.490. The zero-order valence-electron chi connectivity index (χ0n) is 9.52. The van der Waals surface area contributed by atoms with Crippen molar-refractivity contribution in [2.24, 2.45) is 5.10 Å². The summed E-state index contributed by atoms with van der Waals surface area (Å²) < 4.78 is 1.77. The summed E-state index contributed by atoms with van der Waals surface area (Å²) in [5, 5.41) is 15.0. The first-order valence-corrected chi connectivity index (χ1v) is 6.14. The Morgan fingerprint density at radius 2 is 2.17 bits per heavy atom. The summed E-state index contributed by atoms with van der Waals surface area (Å²) in [6, 6.07) is 9.69. The fourth-order valence-electron chi connectivity index (χ4n) is 1.62. The van der Waals surface area contributed by atoms with Gasteiger partial charge in [0, 0.05) is 11.9 Å². The first-order valence-electron chi connectivity index (χ1n) is 5.26. The molecule has 0 bridgehead atoms. The molecule has 92 valence electrons. The van der Waals surface area contributed by atoms with E-state index in [-0.39, 0.29) is 0 Å². The Balaban J connectivity index is 2.59. The second-order valence-corrected chi connectivity index (χ2v) is 4.34. The molecule has 1 aromatic heterocycles. The summed E-state index contributed by atoms with van der Waals surface area (Å²) in [7, 11) is 0. The van der Waals surface area contributed by atoms with Crippen LogP contribution < -0.4 is 4.80 Å². The van der Waals surface area contributed by atoms with E-state index in [0.29, 0.717) is 11.3 Å². The average molecular weight is 261 g/mol. The maximum absolute atomic E-state index is 10.5. The fraction of sp³-hybridized carbons (Fsp3) is 0.0833. The van der Waals surface area contributed by atoms with Gasteiger partial charge in [-0.1, -0.05) is 47.7 Å². The van der Waals surface area contributed by atoms with Crippen LogP contribution in [0.5, 0.6) is 0 Å². The van der Waals surface area contributed by atoms with E-state index >= 15 is 0 Å². The highest BCUT2D eigenvalue weighted by Crippen LogP contribution is 2.19. The number of hydrogen-bond donors (Lipinski definition) is 0. The van der Waals surface area contributed by atoms with Gasteiger partial charge in [0.2, 0.25) is 0 Å². The highest BCUT2D eigenvalue weighted by molar-refractivity contribution is 7.07. The number of thiazole rings is 1. The minimum absolute atomic E-state index is 0.360. The van der Waals surface area contributed by atoms with Gasteiger partial charge in [-0.25, -0.2) is 10.1 Å². The number of benzene rings is 1. The van der Waals surface area contributed by atoms with E-state index in [4.69, 9.17) is 0 Å². The molecule has 0 atom stereocenters.